The first-order chi connectivity index (χ1) is 3.43. The van der Waals surface area contributed by atoms with Crippen molar-refractivity contribution in [2.75, 3.05) is 0 Å². The van der Waals surface area contributed by atoms with Gasteiger partial charge in [-0.2, -0.15) is 12.6 Å². The molecule has 0 unspecified atom stereocenters. The van der Waals surface area contributed by atoms with Gasteiger partial charge in [0, 0.05) is 6.20 Å². The summed E-state index contributed by atoms with van der Waals surface area (Å²) < 4.78 is 0. The fourth-order valence-corrected chi connectivity index (χ4v) is 0.400. The Morgan fingerprint density at radius 1 is 1.86 bits per heavy atom. The molecule has 1 aromatic heterocycles. The Bertz CT molecular complexity index is 125. The minimum atomic E-state index is 0.753. The van der Waals surface area contributed by atoms with Gasteiger partial charge in [-0.1, -0.05) is 5.21 Å². The van der Waals surface area contributed by atoms with Crippen LogP contribution in [0.25, 0.3) is 0 Å². The van der Waals surface area contributed by atoms with E-state index in [2.05, 4.69) is 28.0 Å². The predicted molar refractivity (Wildman–Crippen MR) is 28.8 cm³/mol. The van der Waals surface area contributed by atoms with Gasteiger partial charge in [0.2, 0.25) is 0 Å². The van der Waals surface area contributed by atoms with Crippen molar-refractivity contribution < 1.29 is 0 Å². The van der Waals surface area contributed by atoms with Crippen molar-refractivity contribution in [1.82, 2.24) is 15.4 Å². The maximum atomic E-state index is 3.83. The molecule has 0 saturated carbocycles. The fourth-order valence-electron chi connectivity index (χ4n) is 0.274. The van der Waals surface area contributed by atoms with Gasteiger partial charge in [0.1, 0.15) is 0 Å². The molecule has 1 heterocycles. The van der Waals surface area contributed by atoms with E-state index in [0.717, 1.165) is 5.69 Å². The number of nitrogens with zero attached hydrogens (tertiary/aromatic N) is 2. The number of thiol groups is 1. The highest BCUT2D eigenvalue weighted by Gasteiger charge is 1.86. The summed E-state index contributed by atoms with van der Waals surface area (Å²) in [6.07, 6.45) is 1.66. The van der Waals surface area contributed by atoms with E-state index in [9.17, 15) is 0 Å². The maximum absolute atomic E-state index is 3.83. The van der Waals surface area contributed by atoms with E-state index in [1.54, 1.807) is 11.9 Å². The standard InChI is InChI=1S/C3H4N3S/c7-2-3-1-4-6-5-3/h1-2,7H,(H,4,5,6). The summed E-state index contributed by atoms with van der Waals surface area (Å²) in [5.74, 6) is 1.57. The molecule has 0 aliphatic carbocycles. The first-order valence-corrected chi connectivity index (χ1v) is 2.29. The molecule has 0 atom stereocenters. The van der Waals surface area contributed by atoms with Crippen LogP contribution in [0.15, 0.2) is 6.20 Å². The molecule has 0 aliphatic heterocycles. The Labute approximate surface area is 46.5 Å². The lowest BCUT2D eigenvalue weighted by Gasteiger charge is -1.73. The lowest BCUT2D eigenvalue weighted by atomic mass is 10.6. The van der Waals surface area contributed by atoms with Crippen LogP contribution < -0.4 is 0 Å². The smallest absolute Gasteiger partial charge is 0.0966 e. The van der Waals surface area contributed by atoms with Gasteiger partial charge in [-0.25, -0.2) is 0 Å². The second kappa shape index (κ2) is 1.97. The SMILES string of the molecule is S[CH]c1c[nH]nn1. The Balaban J connectivity index is 2.76. The third-order valence-corrected chi connectivity index (χ3v) is 0.832. The van der Waals surface area contributed by atoms with Crippen molar-refractivity contribution in [3.8, 4) is 0 Å². The molecule has 0 aliphatic rings. The average Bonchev–Trinajstić information content (AvgIpc) is 2.14. The predicted octanol–water partition coefficient (Wildman–Crippen LogP) is 0.244. The van der Waals surface area contributed by atoms with Gasteiger partial charge in [-0.3, -0.25) is 5.10 Å². The number of rotatable bonds is 1. The van der Waals surface area contributed by atoms with Gasteiger partial charge in [0.15, 0.2) is 0 Å². The summed E-state index contributed by atoms with van der Waals surface area (Å²) in [5.41, 5.74) is 0.753. The van der Waals surface area contributed by atoms with Gasteiger partial charge in [0.25, 0.3) is 0 Å². The van der Waals surface area contributed by atoms with E-state index in [4.69, 9.17) is 0 Å². The minimum absolute atomic E-state index is 0.753. The zero-order valence-electron chi connectivity index (χ0n) is 3.50. The second-order valence-electron chi connectivity index (χ2n) is 1.03. The number of hydrogen-bond donors (Lipinski definition) is 2. The van der Waals surface area contributed by atoms with E-state index < -0.39 is 0 Å². The Morgan fingerprint density at radius 3 is 3.00 bits per heavy atom. The molecular formula is C3H4N3S. The molecule has 0 bridgehead atoms. The summed E-state index contributed by atoms with van der Waals surface area (Å²) in [6.45, 7) is 0. The monoisotopic (exact) mass is 114 g/mol. The minimum Gasteiger partial charge on any atom is -0.265 e. The van der Waals surface area contributed by atoms with Crippen molar-refractivity contribution in [1.29, 1.82) is 0 Å². The molecule has 1 aromatic rings. The molecule has 1 N–H and O–H groups in total. The molecule has 0 amide bonds. The van der Waals surface area contributed by atoms with Crippen LogP contribution in [0, 0.1) is 5.75 Å². The molecule has 1 rings (SSSR count). The van der Waals surface area contributed by atoms with Crippen molar-refractivity contribution >= 4 is 12.6 Å². The number of H-pyrrole nitrogens is 1. The van der Waals surface area contributed by atoms with E-state index in [1.807, 2.05) is 0 Å². The Kier molecular flexibility index (Phi) is 1.31. The summed E-state index contributed by atoms with van der Waals surface area (Å²) in [5, 5.41) is 9.57. The van der Waals surface area contributed by atoms with E-state index in [0.29, 0.717) is 0 Å². The van der Waals surface area contributed by atoms with Crippen molar-refractivity contribution in [2.45, 2.75) is 0 Å². The normalized spacial score (nSPS) is 9.29. The van der Waals surface area contributed by atoms with Crippen LogP contribution in [0.4, 0.5) is 0 Å². The van der Waals surface area contributed by atoms with Crippen molar-refractivity contribution in [3.05, 3.63) is 17.6 Å². The Morgan fingerprint density at radius 2 is 2.71 bits per heavy atom. The maximum Gasteiger partial charge on any atom is 0.0966 e. The molecule has 3 nitrogen and oxygen atoms in total. The Hall–Kier alpha value is -0.510. The molecule has 0 fully saturated rings. The van der Waals surface area contributed by atoms with Crippen LogP contribution in [-0.4, -0.2) is 15.4 Å². The second-order valence-corrected chi connectivity index (χ2v) is 1.29. The van der Waals surface area contributed by atoms with E-state index in [1.165, 1.54) is 0 Å². The molecular weight excluding hydrogens is 110 g/mol. The lowest BCUT2D eigenvalue weighted by molar-refractivity contribution is 0.934. The quantitative estimate of drug-likeness (QED) is 0.514. The van der Waals surface area contributed by atoms with Crippen LogP contribution in [0.3, 0.4) is 0 Å². The van der Waals surface area contributed by atoms with Gasteiger partial charge in [-0.05, 0) is 0 Å². The van der Waals surface area contributed by atoms with Crippen molar-refractivity contribution in [3.63, 3.8) is 0 Å². The zero-order valence-corrected chi connectivity index (χ0v) is 4.39. The number of hydrogen-bond acceptors (Lipinski definition) is 3. The average molecular weight is 114 g/mol. The zero-order chi connectivity index (χ0) is 5.11. The van der Waals surface area contributed by atoms with Gasteiger partial charge in [-0.15, -0.1) is 5.10 Å². The summed E-state index contributed by atoms with van der Waals surface area (Å²) in [6, 6.07) is 0. The van der Waals surface area contributed by atoms with Crippen LogP contribution in [0.1, 0.15) is 5.69 Å². The van der Waals surface area contributed by atoms with Crippen LogP contribution in [-0.2, 0) is 0 Å². The largest absolute Gasteiger partial charge is 0.265 e. The number of aromatic nitrogens is 3. The van der Waals surface area contributed by atoms with Crippen LogP contribution in [0.2, 0.25) is 0 Å². The van der Waals surface area contributed by atoms with Gasteiger partial charge >= 0.3 is 0 Å². The summed E-state index contributed by atoms with van der Waals surface area (Å²) >= 11 is 3.83. The fraction of sp³-hybridized carbons (Fsp3) is 0. The molecule has 7 heavy (non-hydrogen) atoms. The topological polar surface area (TPSA) is 41.6 Å². The molecule has 1 radical (unpaired) electrons. The number of nitrogens with one attached hydrogen (secondary N) is 1. The van der Waals surface area contributed by atoms with Gasteiger partial charge in [0.05, 0.1) is 11.4 Å². The third kappa shape index (κ3) is 0.928. The first-order valence-electron chi connectivity index (χ1n) is 1.77. The highest BCUT2D eigenvalue weighted by molar-refractivity contribution is 7.82. The van der Waals surface area contributed by atoms with Crippen LogP contribution >= 0.6 is 12.6 Å². The van der Waals surface area contributed by atoms with E-state index >= 15 is 0 Å². The molecule has 0 spiro atoms. The lowest BCUT2D eigenvalue weighted by Crippen LogP contribution is -1.71. The van der Waals surface area contributed by atoms with Crippen molar-refractivity contribution in [2.24, 2.45) is 0 Å². The van der Waals surface area contributed by atoms with Gasteiger partial charge < -0.3 is 0 Å². The number of aromatic amines is 1. The molecule has 4 heteroatoms. The molecule has 0 aromatic carbocycles. The van der Waals surface area contributed by atoms with Crippen LogP contribution in [0.5, 0.6) is 0 Å². The summed E-state index contributed by atoms with van der Waals surface area (Å²) in [4.78, 5) is 0. The van der Waals surface area contributed by atoms with E-state index in [-0.39, 0.29) is 0 Å². The summed E-state index contributed by atoms with van der Waals surface area (Å²) in [7, 11) is 0. The highest BCUT2D eigenvalue weighted by atomic mass is 32.1. The highest BCUT2D eigenvalue weighted by Crippen LogP contribution is 1.94. The molecule has 0 saturated heterocycles. The molecule has 37 valence electrons. The third-order valence-electron chi connectivity index (χ3n) is 0.568. The first kappa shape index (κ1) is 4.64.